The van der Waals surface area contributed by atoms with E-state index in [2.05, 4.69) is 5.32 Å². The number of carbonyl (C=O) groups excluding carboxylic acids is 2. The highest BCUT2D eigenvalue weighted by Gasteiger charge is 2.21. The molecule has 1 N–H and O–H groups in total. The molecule has 0 fully saturated rings. The van der Waals surface area contributed by atoms with Gasteiger partial charge in [-0.2, -0.15) is 0 Å². The largest absolute Gasteiger partial charge is 0.484 e. The van der Waals surface area contributed by atoms with E-state index < -0.39 is 11.0 Å². The van der Waals surface area contributed by atoms with E-state index in [1.165, 1.54) is 23.5 Å². The predicted octanol–water partition coefficient (Wildman–Crippen LogP) is 4.74. The second kappa shape index (κ2) is 8.62. The lowest BCUT2D eigenvalue weighted by Gasteiger charge is -2.17. The number of thiophene rings is 1. The van der Waals surface area contributed by atoms with Crippen molar-refractivity contribution >= 4 is 45.6 Å². The monoisotopic (exact) mass is 447 g/mol. The van der Waals surface area contributed by atoms with Gasteiger partial charge >= 0.3 is 5.63 Å². The highest BCUT2D eigenvalue weighted by molar-refractivity contribution is 7.14. The van der Waals surface area contributed by atoms with Crippen molar-refractivity contribution in [2.75, 3.05) is 6.61 Å². The Morgan fingerprint density at radius 3 is 2.63 bits per heavy atom. The van der Waals surface area contributed by atoms with Crippen molar-refractivity contribution in [1.29, 1.82) is 0 Å². The van der Waals surface area contributed by atoms with Crippen molar-refractivity contribution < 1.29 is 18.7 Å². The Bertz CT molecular complexity index is 1170. The molecule has 0 aliphatic heterocycles. The van der Waals surface area contributed by atoms with Crippen LogP contribution < -0.4 is 15.7 Å². The predicted molar refractivity (Wildman–Crippen MR) is 118 cm³/mol. The Morgan fingerprint density at radius 2 is 1.93 bits per heavy atom. The van der Waals surface area contributed by atoms with Gasteiger partial charge < -0.3 is 14.5 Å². The summed E-state index contributed by atoms with van der Waals surface area (Å²) in [6, 6.07) is 8.07. The number of hydrogen-bond acceptors (Lipinski definition) is 6. The van der Waals surface area contributed by atoms with Gasteiger partial charge in [-0.05, 0) is 30.7 Å². The normalized spacial score (nSPS) is 11.5. The fourth-order valence-corrected chi connectivity index (χ4v) is 3.79. The van der Waals surface area contributed by atoms with Gasteiger partial charge in [0.1, 0.15) is 11.3 Å². The molecule has 0 saturated carbocycles. The van der Waals surface area contributed by atoms with Crippen molar-refractivity contribution in [3.8, 4) is 5.75 Å². The average Bonchev–Trinajstić information content (AvgIpc) is 3.13. The Hall–Kier alpha value is -2.64. The molecule has 2 heterocycles. The van der Waals surface area contributed by atoms with Gasteiger partial charge in [0, 0.05) is 27.8 Å². The van der Waals surface area contributed by atoms with Crippen LogP contribution in [0.15, 0.2) is 39.5 Å². The number of benzene rings is 1. The van der Waals surface area contributed by atoms with Gasteiger partial charge in [0.2, 0.25) is 11.7 Å². The van der Waals surface area contributed by atoms with E-state index in [4.69, 9.17) is 20.8 Å². The molecule has 0 spiro atoms. The summed E-state index contributed by atoms with van der Waals surface area (Å²) < 4.78 is 10.8. The smallest absolute Gasteiger partial charge is 0.336 e. The topological polar surface area (TPSA) is 85.6 Å². The molecule has 0 atom stereocenters. The van der Waals surface area contributed by atoms with Crippen LogP contribution >= 0.6 is 22.9 Å². The van der Waals surface area contributed by atoms with Gasteiger partial charge in [-0.1, -0.05) is 32.4 Å². The molecule has 1 amide bonds. The molecule has 8 heteroatoms. The van der Waals surface area contributed by atoms with Gasteiger partial charge in [-0.3, -0.25) is 9.59 Å². The lowest BCUT2D eigenvalue weighted by molar-refractivity contribution is -0.128. The van der Waals surface area contributed by atoms with Crippen molar-refractivity contribution in [3.05, 3.63) is 61.1 Å². The molecule has 0 aliphatic rings. The molecule has 1 aromatic carbocycles. The summed E-state index contributed by atoms with van der Waals surface area (Å²) in [5, 5.41) is 3.89. The number of ether oxygens (including phenoxy) is 1. The molecule has 3 aromatic rings. The zero-order valence-corrected chi connectivity index (χ0v) is 18.7. The number of carbonyl (C=O) groups is 2. The van der Waals surface area contributed by atoms with Gasteiger partial charge in [-0.25, -0.2) is 4.79 Å². The van der Waals surface area contributed by atoms with Crippen LogP contribution in [0.4, 0.5) is 0 Å². The fraction of sp³-hybridized carbons (Fsp3) is 0.318. The van der Waals surface area contributed by atoms with Crippen LogP contribution in [0.25, 0.3) is 11.0 Å². The molecule has 0 aliphatic carbocycles. The molecular formula is C22H22ClNO5S. The Balaban J connectivity index is 1.66. The van der Waals surface area contributed by atoms with Crippen LogP contribution in [0.5, 0.6) is 5.75 Å². The minimum Gasteiger partial charge on any atom is -0.484 e. The van der Waals surface area contributed by atoms with Crippen molar-refractivity contribution in [3.63, 3.8) is 0 Å². The number of amides is 1. The van der Waals surface area contributed by atoms with Crippen molar-refractivity contribution in [1.82, 2.24) is 5.32 Å². The number of hydrogen-bond donors (Lipinski definition) is 1. The Labute approximate surface area is 182 Å². The number of halogens is 1. The van der Waals surface area contributed by atoms with E-state index in [0.717, 1.165) is 10.4 Å². The van der Waals surface area contributed by atoms with E-state index in [1.807, 2.05) is 20.8 Å². The molecule has 0 bridgehead atoms. The Morgan fingerprint density at radius 1 is 1.20 bits per heavy atom. The summed E-state index contributed by atoms with van der Waals surface area (Å²) in [4.78, 5) is 37.4. The zero-order chi connectivity index (χ0) is 22.1. The number of aryl methyl sites for hydroxylation is 1. The third kappa shape index (κ3) is 5.09. The van der Waals surface area contributed by atoms with Gasteiger partial charge in [0.05, 0.1) is 16.4 Å². The summed E-state index contributed by atoms with van der Waals surface area (Å²) in [6.07, 6.45) is 0. The van der Waals surface area contributed by atoms with E-state index in [-0.39, 0.29) is 24.0 Å². The van der Waals surface area contributed by atoms with Crippen LogP contribution in [0.3, 0.4) is 0 Å². The first-order valence-corrected chi connectivity index (χ1v) is 10.5. The van der Waals surface area contributed by atoms with Gasteiger partial charge in [-0.15, -0.1) is 11.3 Å². The second-order valence-corrected chi connectivity index (χ2v) is 9.51. The molecule has 0 saturated heterocycles. The second-order valence-electron chi connectivity index (χ2n) is 7.94. The summed E-state index contributed by atoms with van der Waals surface area (Å²) in [6.45, 7) is 7.46. The molecule has 2 aromatic heterocycles. The number of fused-ring (bicyclic) bond motifs is 1. The molecule has 6 nitrogen and oxygen atoms in total. The van der Waals surface area contributed by atoms with E-state index in [1.54, 1.807) is 25.1 Å². The standard InChI is InChI=1S/C22H22ClNO5S/c1-12-7-20(26)29-17-9-18(15(23)8-14(12)17)28-11-16(25)19-6-5-13(30-19)10-24-21(27)22(2,3)4/h5-9H,10-11H2,1-4H3,(H,24,27). The van der Waals surface area contributed by atoms with Gasteiger partial charge in [0.15, 0.2) is 6.61 Å². The van der Waals surface area contributed by atoms with E-state index >= 15 is 0 Å². The van der Waals surface area contributed by atoms with Crippen LogP contribution in [-0.2, 0) is 11.3 Å². The van der Waals surface area contributed by atoms with Crippen LogP contribution in [0.1, 0.15) is 40.9 Å². The highest BCUT2D eigenvalue weighted by atomic mass is 35.5. The van der Waals surface area contributed by atoms with Crippen LogP contribution in [0, 0.1) is 12.3 Å². The first-order chi connectivity index (χ1) is 14.0. The van der Waals surface area contributed by atoms with Crippen LogP contribution in [0.2, 0.25) is 5.02 Å². The van der Waals surface area contributed by atoms with Crippen molar-refractivity contribution in [2.45, 2.75) is 34.2 Å². The Kier molecular flexibility index (Phi) is 6.33. The number of Topliss-reactive ketones (excluding diaryl/α,β-unsaturated/α-hetero) is 1. The molecule has 158 valence electrons. The maximum Gasteiger partial charge on any atom is 0.336 e. The molecule has 3 rings (SSSR count). The summed E-state index contributed by atoms with van der Waals surface area (Å²) >= 11 is 7.56. The van der Waals surface area contributed by atoms with Gasteiger partial charge in [0.25, 0.3) is 0 Å². The third-order valence-electron chi connectivity index (χ3n) is 4.40. The summed E-state index contributed by atoms with van der Waals surface area (Å²) in [7, 11) is 0. The molecule has 0 radical (unpaired) electrons. The summed E-state index contributed by atoms with van der Waals surface area (Å²) in [5.74, 6) is -0.00399. The third-order valence-corrected chi connectivity index (χ3v) is 5.83. The molecule has 30 heavy (non-hydrogen) atoms. The van der Waals surface area contributed by atoms with Crippen LogP contribution in [-0.4, -0.2) is 18.3 Å². The van der Waals surface area contributed by atoms with Crippen molar-refractivity contribution in [2.24, 2.45) is 5.41 Å². The lowest BCUT2D eigenvalue weighted by Crippen LogP contribution is -2.34. The number of rotatable bonds is 6. The highest BCUT2D eigenvalue weighted by Crippen LogP contribution is 2.31. The first kappa shape index (κ1) is 22.1. The fourth-order valence-electron chi connectivity index (χ4n) is 2.70. The zero-order valence-electron chi connectivity index (χ0n) is 17.1. The lowest BCUT2D eigenvalue weighted by atomic mass is 9.96. The maximum atomic E-state index is 12.5. The first-order valence-electron chi connectivity index (χ1n) is 9.31. The average molecular weight is 448 g/mol. The molecular weight excluding hydrogens is 426 g/mol. The van der Waals surface area contributed by atoms with E-state index in [9.17, 15) is 14.4 Å². The number of ketones is 1. The number of nitrogens with one attached hydrogen (secondary N) is 1. The minimum atomic E-state index is -0.472. The SMILES string of the molecule is Cc1cc(=O)oc2cc(OCC(=O)c3ccc(CNC(=O)C(C)(C)C)s3)c(Cl)cc12. The summed E-state index contributed by atoms with van der Waals surface area (Å²) in [5.41, 5.74) is 0.157. The quantitative estimate of drug-likeness (QED) is 0.435. The van der Waals surface area contributed by atoms with E-state index in [0.29, 0.717) is 27.4 Å². The molecule has 0 unspecified atom stereocenters. The minimum absolute atomic E-state index is 0.0556. The maximum absolute atomic E-state index is 12.5.